The first-order valence-electron chi connectivity index (χ1n) is 10.6. The molecule has 1 fully saturated rings. The third-order valence-electron chi connectivity index (χ3n) is 5.43. The van der Waals surface area contributed by atoms with Crippen molar-refractivity contribution in [1.29, 1.82) is 0 Å². The molecule has 31 heavy (non-hydrogen) atoms. The Morgan fingerprint density at radius 2 is 1.71 bits per heavy atom. The Hall–Kier alpha value is -2.61. The Bertz CT molecular complexity index is 894. The maximum absolute atomic E-state index is 12.6. The summed E-state index contributed by atoms with van der Waals surface area (Å²) in [6.45, 7) is 10.4. The maximum atomic E-state index is 12.6. The summed E-state index contributed by atoms with van der Waals surface area (Å²) in [7, 11) is -1.19. The summed E-state index contributed by atoms with van der Waals surface area (Å²) in [4.78, 5) is 28.2. The number of carbonyl (C=O) groups excluding carboxylic acids is 2. The summed E-state index contributed by atoms with van der Waals surface area (Å²) in [5.74, 6) is -0.200. The molecule has 1 aromatic carbocycles. The van der Waals surface area contributed by atoms with E-state index in [1.807, 2.05) is 68.2 Å². The number of anilines is 2. The van der Waals surface area contributed by atoms with Crippen LogP contribution in [0.3, 0.4) is 0 Å². The molecule has 0 saturated carbocycles. The minimum absolute atomic E-state index is 0.0636. The predicted molar refractivity (Wildman–Crippen MR) is 126 cm³/mol. The summed E-state index contributed by atoms with van der Waals surface area (Å²) in [5, 5.41) is 2.97. The summed E-state index contributed by atoms with van der Waals surface area (Å²) in [5.41, 5.74) is 2.63. The van der Waals surface area contributed by atoms with Crippen LogP contribution >= 0.6 is 0 Å². The van der Waals surface area contributed by atoms with Gasteiger partial charge >= 0.3 is 0 Å². The second-order valence-electron chi connectivity index (χ2n) is 8.87. The number of amides is 2. The van der Waals surface area contributed by atoms with Crippen LogP contribution in [-0.2, 0) is 20.6 Å². The molecule has 0 bridgehead atoms. The number of allylic oxidation sites excluding steroid dienone is 2. The van der Waals surface area contributed by atoms with Crippen LogP contribution in [0.4, 0.5) is 11.4 Å². The Morgan fingerprint density at radius 1 is 1.06 bits per heavy atom. The molecule has 2 atom stereocenters. The molecule has 1 aromatic rings. The number of nitrogens with one attached hydrogen (secondary N) is 2. The number of piperazine rings is 1. The number of hydrogen-bond acceptors (Lipinski definition) is 4. The number of benzene rings is 1. The van der Waals surface area contributed by atoms with Gasteiger partial charge in [0.05, 0.1) is 10.7 Å². The van der Waals surface area contributed by atoms with Crippen molar-refractivity contribution >= 4 is 34.2 Å². The zero-order valence-corrected chi connectivity index (χ0v) is 19.5. The monoisotopic (exact) mass is 444 g/mol. The van der Waals surface area contributed by atoms with Gasteiger partial charge in [0, 0.05) is 50.2 Å². The van der Waals surface area contributed by atoms with Crippen molar-refractivity contribution in [2.45, 2.75) is 38.9 Å². The molecule has 0 aromatic heterocycles. The molecular formula is C23H32N4O3S. The molecule has 2 N–H and O–H groups in total. The Morgan fingerprint density at radius 3 is 2.23 bits per heavy atom. The SMILES string of the molecule is CC(=O)N1CCN(c2ccc(NC(=O)C3C=CC(NS(=O)C(C)(C)C)=CC3)cc2)CC1. The molecule has 2 amide bonds. The van der Waals surface area contributed by atoms with Gasteiger partial charge in [-0.15, -0.1) is 0 Å². The number of rotatable bonds is 5. The average Bonchev–Trinajstić information content (AvgIpc) is 2.74. The van der Waals surface area contributed by atoms with Gasteiger partial charge in [0.1, 0.15) is 11.0 Å². The van der Waals surface area contributed by atoms with E-state index in [2.05, 4.69) is 14.9 Å². The highest BCUT2D eigenvalue weighted by atomic mass is 32.2. The summed E-state index contributed by atoms with van der Waals surface area (Å²) in [6, 6.07) is 7.82. The maximum Gasteiger partial charge on any atom is 0.231 e. The van der Waals surface area contributed by atoms with Gasteiger partial charge < -0.3 is 19.8 Å². The first-order chi connectivity index (χ1) is 14.6. The van der Waals surface area contributed by atoms with Crippen molar-refractivity contribution in [3.63, 3.8) is 0 Å². The molecule has 1 heterocycles. The molecule has 2 aliphatic rings. The van der Waals surface area contributed by atoms with Crippen LogP contribution in [0.2, 0.25) is 0 Å². The first-order valence-corrected chi connectivity index (χ1v) is 11.8. The van der Waals surface area contributed by atoms with Crippen LogP contribution in [0.1, 0.15) is 34.1 Å². The van der Waals surface area contributed by atoms with Gasteiger partial charge in [-0.25, -0.2) is 4.21 Å². The van der Waals surface area contributed by atoms with Gasteiger partial charge in [-0.2, -0.15) is 0 Å². The smallest absolute Gasteiger partial charge is 0.231 e. The first kappa shape index (κ1) is 23.1. The molecule has 2 unspecified atom stereocenters. The second kappa shape index (κ2) is 9.68. The molecule has 1 aliphatic carbocycles. The van der Waals surface area contributed by atoms with Crippen LogP contribution in [0, 0.1) is 5.92 Å². The number of nitrogens with zero attached hydrogens (tertiary/aromatic N) is 2. The number of carbonyl (C=O) groups is 2. The van der Waals surface area contributed by atoms with Gasteiger partial charge in [-0.05, 0) is 57.5 Å². The molecule has 1 aliphatic heterocycles. The minimum atomic E-state index is -1.19. The third-order valence-corrected chi connectivity index (χ3v) is 6.96. The Kier molecular flexibility index (Phi) is 7.20. The number of hydrogen-bond donors (Lipinski definition) is 2. The van der Waals surface area contributed by atoms with Crippen LogP contribution in [0.5, 0.6) is 0 Å². The van der Waals surface area contributed by atoms with Crippen LogP contribution in [0.15, 0.2) is 48.2 Å². The molecule has 0 spiro atoms. The third kappa shape index (κ3) is 6.19. The highest BCUT2D eigenvalue weighted by Gasteiger charge is 2.23. The lowest BCUT2D eigenvalue weighted by Gasteiger charge is -2.35. The van der Waals surface area contributed by atoms with E-state index >= 15 is 0 Å². The lowest BCUT2D eigenvalue weighted by molar-refractivity contribution is -0.129. The van der Waals surface area contributed by atoms with E-state index in [9.17, 15) is 13.8 Å². The van der Waals surface area contributed by atoms with E-state index < -0.39 is 11.0 Å². The quantitative estimate of drug-likeness (QED) is 0.732. The fourth-order valence-electron chi connectivity index (χ4n) is 3.42. The van der Waals surface area contributed by atoms with Crippen molar-refractivity contribution in [3.05, 3.63) is 48.2 Å². The van der Waals surface area contributed by atoms with E-state index in [1.165, 1.54) is 0 Å². The lowest BCUT2D eigenvalue weighted by Crippen LogP contribution is -2.48. The lowest BCUT2D eigenvalue weighted by atomic mass is 9.98. The van der Waals surface area contributed by atoms with Crippen LogP contribution in [-0.4, -0.2) is 51.8 Å². The second-order valence-corrected chi connectivity index (χ2v) is 10.8. The normalized spacial score (nSPS) is 20.1. The van der Waals surface area contributed by atoms with Crippen molar-refractivity contribution in [3.8, 4) is 0 Å². The molecule has 0 radical (unpaired) electrons. The standard InChI is InChI=1S/C23H32N4O3S/c1-17(28)26-13-15-27(16-14-26)21-11-9-19(10-12-21)24-22(29)18-5-7-20(8-6-18)25-31(30)23(2,3)4/h5,7-12,18,25H,6,13-16H2,1-4H3,(H,24,29). The summed E-state index contributed by atoms with van der Waals surface area (Å²) < 4.78 is 14.9. The van der Waals surface area contributed by atoms with E-state index in [4.69, 9.17) is 0 Å². The minimum Gasteiger partial charge on any atom is -0.368 e. The predicted octanol–water partition coefficient (Wildman–Crippen LogP) is 2.81. The highest BCUT2D eigenvalue weighted by Crippen LogP contribution is 2.22. The van der Waals surface area contributed by atoms with Crippen LogP contribution < -0.4 is 14.9 Å². The van der Waals surface area contributed by atoms with Gasteiger partial charge in [-0.1, -0.05) is 12.2 Å². The van der Waals surface area contributed by atoms with Gasteiger partial charge in [0.2, 0.25) is 11.8 Å². The molecule has 1 saturated heterocycles. The van der Waals surface area contributed by atoms with E-state index in [0.717, 1.165) is 43.3 Å². The molecular weight excluding hydrogens is 412 g/mol. The largest absolute Gasteiger partial charge is 0.368 e. The van der Waals surface area contributed by atoms with Crippen molar-refractivity contribution in [2.24, 2.45) is 5.92 Å². The zero-order valence-electron chi connectivity index (χ0n) is 18.7. The summed E-state index contributed by atoms with van der Waals surface area (Å²) >= 11 is 0. The van der Waals surface area contributed by atoms with E-state index in [1.54, 1.807) is 6.92 Å². The molecule has 3 rings (SSSR count). The van der Waals surface area contributed by atoms with Gasteiger partial charge in [-0.3, -0.25) is 9.59 Å². The topological polar surface area (TPSA) is 81.8 Å². The van der Waals surface area contributed by atoms with Gasteiger partial charge in [0.25, 0.3) is 0 Å². The van der Waals surface area contributed by atoms with Crippen molar-refractivity contribution in [1.82, 2.24) is 9.62 Å². The van der Waals surface area contributed by atoms with Crippen molar-refractivity contribution in [2.75, 3.05) is 36.4 Å². The fourth-order valence-corrected chi connectivity index (χ4v) is 4.09. The van der Waals surface area contributed by atoms with Crippen LogP contribution in [0.25, 0.3) is 0 Å². The van der Waals surface area contributed by atoms with E-state index in [0.29, 0.717) is 6.42 Å². The Labute approximate surface area is 187 Å². The van der Waals surface area contributed by atoms with Crippen molar-refractivity contribution < 1.29 is 13.8 Å². The highest BCUT2D eigenvalue weighted by molar-refractivity contribution is 7.84. The molecule has 168 valence electrons. The molecule has 7 nitrogen and oxygen atoms in total. The summed E-state index contributed by atoms with van der Waals surface area (Å²) in [6.07, 6.45) is 6.14. The Balaban J connectivity index is 1.50. The van der Waals surface area contributed by atoms with Gasteiger partial charge in [0.15, 0.2) is 0 Å². The van der Waals surface area contributed by atoms with E-state index in [-0.39, 0.29) is 22.5 Å². The zero-order chi connectivity index (χ0) is 22.6. The average molecular weight is 445 g/mol. The molecule has 8 heteroatoms. The fraction of sp³-hybridized carbons (Fsp3) is 0.478.